The molecule has 0 spiro atoms. The predicted octanol–water partition coefficient (Wildman–Crippen LogP) is 5.03. The quantitative estimate of drug-likeness (QED) is 0.520. The summed E-state index contributed by atoms with van der Waals surface area (Å²) < 4.78 is 28.0. The molecular weight excluding hydrogens is 382 g/mol. The minimum atomic E-state index is -0.751. The summed E-state index contributed by atoms with van der Waals surface area (Å²) in [7, 11) is 0. The first-order valence-corrected chi connectivity index (χ1v) is 6.94. The van der Waals surface area contributed by atoms with E-state index in [0.717, 1.165) is 22.2 Å². The van der Waals surface area contributed by atoms with Gasteiger partial charge in [-0.1, -0.05) is 15.9 Å². The van der Waals surface area contributed by atoms with Gasteiger partial charge >= 0.3 is 0 Å². The number of carbonyl (C=O) groups is 1. The molecule has 5 heteroatoms. The molecule has 98 valence electrons. The van der Waals surface area contributed by atoms with Crippen LogP contribution in [0.1, 0.15) is 21.5 Å². The highest BCUT2D eigenvalue weighted by atomic mass is 79.9. The van der Waals surface area contributed by atoms with Crippen LogP contribution in [0.15, 0.2) is 39.3 Å². The molecule has 1 nitrogen and oxygen atoms in total. The number of rotatable bonds is 2. The number of carbonyl (C=O) groups excluding carboxylic acids is 1. The van der Waals surface area contributed by atoms with Gasteiger partial charge in [-0.2, -0.15) is 0 Å². The van der Waals surface area contributed by atoms with Crippen LogP contribution in [0.5, 0.6) is 0 Å². The summed E-state index contributed by atoms with van der Waals surface area (Å²) in [5.41, 5.74) is 0.896. The Morgan fingerprint density at radius 1 is 1.00 bits per heavy atom. The normalized spacial score (nSPS) is 10.6. The van der Waals surface area contributed by atoms with E-state index >= 15 is 0 Å². The van der Waals surface area contributed by atoms with Gasteiger partial charge in [-0.25, -0.2) is 8.78 Å². The van der Waals surface area contributed by atoms with Crippen molar-refractivity contribution in [1.82, 2.24) is 0 Å². The van der Waals surface area contributed by atoms with Crippen molar-refractivity contribution >= 4 is 37.6 Å². The lowest BCUT2D eigenvalue weighted by molar-refractivity contribution is 0.103. The second-order valence-corrected chi connectivity index (χ2v) is 5.75. The van der Waals surface area contributed by atoms with E-state index in [4.69, 9.17) is 0 Å². The summed E-state index contributed by atoms with van der Waals surface area (Å²) in [4.78, 5) is 12.2. The molecule has 0 bridgehead atoms. The van der Waals surface area contributed by atoms with Crippen LogP contribution in [0.2, 0.25) is 0 Å². The molecule has 0 radical (unpaired) electrons. The van der Waals surface area contributed by atoms with Crippen LogP contribution >= 0.6 is 31.9 Å². The van der Waals surface area contributed by atoms with Crippen molar-refractivity contribution in [1.29, 1.82) is 0 Å². The number of benzene rings is 2. The van der Waals surface area contributed by atoms with E-state index in [2.05, 4.69) is 31.9 Å². The van der Waals surface area contributed by atoms with Gasteiger partial charge in [-0.3, -0.25) is 4.79 Å². The third-order valence-corrected chi connectivity index (χ3v) is 4.17. The molecule has 0 saturated carbocycles. The van der Waals surface area contributed by atoms with Gasteiger partial charge in [0.1, 0.15) is 11.6 Å². The lowest BCUT2D eigenvalue weighted by Crippen LogP contribution is -2.05. The van der Waals surface area contributed by atoms with Crippen molar-refractivity contribution in [2.24, 2.45) is 0 Å². The van der Waals surface area contributed by atoms with Crippen molar-refractivity contribution in [3.05, 3.63) is 67.6 Å². The summed E-state index contributed by atoms with van der Waals surface area (Å²) >= 11 is 6.19. The second kappa shape index (κ2) is 5.51. The lowest BCUT2D eigenvalue weighted by Gasteiger charge is -2.06. The Labute approximate surface area is 125 Å². The van der Waals surface area contributed by atoms with Crippen molar-refractivity contribution in [2.75, 3.05) is 0 Å². The molecule has 0 atom stereocenters. The summed E-state index contributed by atoms with van der Waals surface area (Å²) in [6.07, 6.45) is 0. The average molecular weight is 390 g/mol. The van der Waals surface area contributed by atoms with Gasteiger partial charge in [-0.05, 0) is 58.7 Å². The molecule has 0 aromatic heterocycles. The molecule has 2 rings (SSSR count). The fourth-order valence-corrected chi connectivity index (χ4v) is 2.20. The van der Waals surface area contributed by atoms with Gasteiger partial charge in [-0.15, -0.1) is 0 Å². The molecule has 19 heavy (non-hydrogen) atoms. The van der Waals surface area contributed by atoms with E-state index in [1.807, 2.05) is 6.92 Å². The Morgan fingerprint density at radius 2 is 1.68 bits per heavy atom. The molecule has 2 aromatic rings. The molecule has 0 N–H and O–H groups in total. The van der Waals surface area contributed by atoms with Gasteiger partial charge in [0.05, 0.1) is 10.0 Å². The summed E-state index contributed by atoms with van der Waals surface area (Å²) in [6, 6.07) is 6.76. The van der Waals surface area contributed by atoms with Crippen molar-refractivity contribution < 1.29 is 13.6 Å². The highest BCUT2D eigenvalue weighted by molar-refractivity contribution is 9.10. The van der Waals surface area contributed by atoms with Gasteiger partial charge in [0.2, 0.25) is 0 Å². The van der Waals surface area contributed by atoms with Crippen molar-refractivity contribution in [3.63, 3.8) is 0 Å². The summed E-state index contributed by atoms with van der Waals surface area (Å²) in [5, 5.41) is 0. The van der Waals surface area contributed by atoms with Crippen LogP contribution in [0.3, 0.4) is 0 Å². The van der Waals surface area contributed by atoms with Crippen LogP contribution in [-0.2, 0) is 0 Å². The van der Waals surface area contributed by atoms with Gasteiger partial charge in [0.25, 0.3) is 0 Å². The topological polar surface area (TPSA) is 17.1 Å². The van der Waals surface area contributed by atoms with Crippen molar-refractivity contribution in [2.45, 2.75) is 6.92 Å². The maximum atomic E-state index is 13.7. The van der Waals surface area contributed by atoms with Crippen LogP contribution in [0, 0.1) is 18.6 Å². The fraction of sp³-hybridized carbons (Fsp3) is 0.0714. The summed E-state index contributed by atoms with van der Waals surface area (Å²) in [5.74, 6) is -1.96. The molecule has 0 unspecified atom stereocenters. The minimum Gasteiger partial charge on any atom is -0.288 e. The van der Waals surface area contributed by atoms with Gasteiger partial charge < -0.3 is 0 Å². The zero-order chi connectivity index (χ0) is 14.2. The maximum absolute atomic E-state index is 13.7. The number of hydrogen-bond acceptors (Lipinski definition) is 1. The summed E-state index contributed by atoms with van der Waals surface area (Å²) in [6.45, 7) is 1.82. The number of hydrogen-bond donors (Lipinski definition) is 0. The van der Waals surface area contributed by atoms with Crippen LogP contribution in [0.25, 0.3) is 0 Å². The number of aryl methyl sites for hydroxylation is 1. The van der Waals surface area contributed by atoms with E-state index in [1.54, 1.807) is 18.2 Å². The highest BCUT2D eigenvalue weighted by Gasteiger charge is 2.17. The number of halogens is 4. The molecule has 0 amide bonds. The Morgan fingerprint density at radius 3 is 2.32 bits per heavy atom. The number of ketones is 1. The SMILES string of the molecule is Cc1cc(C(=O)c2cc(F)c(Br)cc2F)ccc1Br. The van der Waals surface area contributed by atoms with Crippen molar-refractivity contribution in [3.8, 4) is 0 Å². The van der Waals surface area contributed by atoms with Gasteiger partial charge in [0, 0.05) is 10.0 Å². The Hall–Kier alpha value is -1.07. The molecule has 0 saturated heterocycles. The zero-order valence-electron chi connectivity index (χ0n) is 9.81. The zero-order valence-corrected chi connectivity index (χ0v) is 13.0. The molecular formula is C14H8Br2F2O. The van der Waals surface area contributed by atoms with Crippen LogP contribution < -0.4 is 0 Å². The Balaban J connectivity index is 2.49. The average Bonchev–Trinajstić information content (AvgIpc) is 2.36. The molecule has 0 fully saturated rings. The van der Waals surface area contributed by atoms with Crippen LogP contribution in [-0.4, -0.2) is 5.78 Å². The standard InChI is InChI=1S/C14H8Br2F2O/c1-7-4-8(2-3-10(7)15)14(19)9-5-13(18)11(16)6-12(9)17/h2-6H,1H3. The predicted molar refractivity (Wildman–Crippen MR) is 76.4 cm³/mol. The third kappa shape index (κ3) is 2.92. The monoisotopic (exact) mass is 388 g/mol. The van der Waals surface area contributed by atoms with Crippen LogP contribution in [0.4, 0.5) is 8.78 Å². The first-order valence-electron chi connectivity index (χ1n) is 5.35. The maximum Gasteiger partial charge on any atom is 0.196 e. The second-order valence-electron chi connectivity index (χ2n) is 4.04. The van der Waals surface area contributed by atoms with E-state index in [0.29, 0.717) is 5.56 Å². The lowest BCUT2D eigenvalue weighted by atomic mass is 10.0. The minimum absolute atomic E-state index is 0.00598. The van der Waals surface area contributed by atoms with E-state index in [9.17, 15) is 13.6 Å². The molecule has 0 heterocycles. The molecule has 0 aliphatic rings. The van der Waals surface area contributed by atoms with E-state index in [-0.39, 0.29) is 10.0 Å². The van der Waals surface area contributed by atoms with E-state index in [1.165, 1.54) is 0 Å². The Kier molecular flexibility index (Phi) is 4.16. The fourth-order valence-electron chi connectivity index (χ4n) is 1.64. The first-order chi connectivity index (χ1) is 8.90. The van der Waals surface area contributed by atoms with E-state index < -0.39 is 17.4 Å². The Bertz CT molecular complexity index is 669. The molecule has 0 aliphatic heterocycles. The first kappa shape index (κ1) is 14.3. The highest BCUT2D eigenvalue weighted by Crippen LogP contribution is 2.24. The molecule has 0 aliphatic carbocycles. The largest absolute Gasteiger partial charge is 0.288 e. The third-order valence-electron chi connectivity index (χ3n) is 2.67. The smallest absolute Gasteiger partial charge is 0.196 e. The molecule has 2 aromatic carbocycles. The van der Waals surface area contributed by atoms with Gasteiger partial charge in [0.15, 0.2) is 5.78 Å².